The van der Waals surface area contributed by atoms with Crippen LogP contribution in [0.2, 0.25) is 0 Å². The highest BCUT2D eigenvalue weighted by Gasteiger charge is 2.31. The molecule has 1 aliphatic rings. The average molecular weight is 389 g/mol. The summed E-state index contributed by atoms with van der Waals surface area (Å²) in [6.07, 6.45) is 0.654. The van der Waals surface area contributed by atoms with Crippen LogP contribution in [0.3, 0.4) is 0 Å². The van der Waals surface area contributed by atoms with Crippen LogP contribution in [-0.4, -0.2) is 66.1 Å². The number of nitrogens with zero attached hydrogens (tertiary/aromatic N) is 2. The van der Waals surface area contributed by atoms with Gasteiger partial charge in [-0.05, 0) is 49.9 Å². The van der Waals surface area contributed by atoms with Crippen molar-refractivity contribution in [2.45, 2.75) is 38.8 Å². The standard InChI is InChI=1S/C21H28FN3O3/c1-14-12-24(13-15(2)25(14)8-9-28-3)20(26)7-5-17-10-16-4-6-18(22)11-19(16)23-21(17)27/h4,6,10-11,14-15H,5,7-9,12-13H2,1-3H3,(H,23,27). The second kappa shape index (κ2) is 8.84. The molecule has 2 heterocycles. The molecule has 1 fully saturated rings. The van der Waals surface area contributed by atoms with Crippen LogP contribution in [0.5, 0.6) is 0 Å². The summed E-state index contributed by atoms with van der Waals surface area (Å²) in [5, 5.41) is 0.762. The highest BCUT2D eigenvalue weighted by molar-refractivity contribution is 5.79. The Hall–Kier alpha value is -2.25. The van der Waals surface area contributed by atoms with Crippen molar-refractivity contribution in [1.82, 2.24) is 14.8 Å². The Morgan fingerprint density at radius 1 is 1.25 bits per heavy atom. The Bertz CT molecular complexity index is 886. The quantitative estimate of drug-likeness (QED) is 0.822. The predicted octanol–water partition coefficient (Wildman–Crippen LogP) is 2.17. The van der Waals surface area contributed by atoms with Gasteiger partial charge in [0.2, 0.25) is 5.91 Å². The number of pyridine rings is 1. The van der Waals surface area contributed by atoms with E-state index in [1.165, 1.54) is 12.1 Å². The molecule has 1 aromatic carbocycles. The number of aromatic nitrogens is 1. The van der Waals surface area contributed by atoms with Crippen LogP contribution < -0.4 is 5.56 Å². The number of hydrogen-bond acceptors (Lipinski definition) is 4. The number of ether oxygens (including phenoxy) is 1. The summed E-state index contributed by atoms with van der Waals surface area (Å²) < 4.78 is 18.5. The topological polar surface area (TPSA) is 65.6 Å². The molecule has 28 heavy (non-hydrogen) atoms. The Morgan fingerprint density at radius 2 is 1.96 bits per heavy atom. The summed E-state index contributed by atoms with van der Waals surface area (Å²) in [5.41, 5.74) is 0.749. The van der Waals surface area contributed by atoms with Gasteiger partial charge in [0.25, 0.3) is 5.56 Å². The zero-order valence-electron chi connectivity index (χ0n) is 16.7. The maximum Gasteiger partial charge on any atom is 0.251 e. The van der Waals surface area contributed by atoms with Gasteiger partial charge in [-0.3, -0.25) is 14.5 Å². The van der Waals surface area contributed by atoms with Crippen LogP contribution in [0.25, 0.3) is 10.9 Å². The number of nitrogens with one attached hydrogen (secondary N) is 1. The second-order valence-corrected chi connectivity index (χ2v) is 7.58. The van der Waals surface area contributed by atoms with Gasteiger partial charge >= 0.3 is 0 Å². The van der Waals surface area contributed by atoms with Gasteiger partial charge in [0, 0.05) is 50.8 Å². The number of aromatic amines is 1. The first kappa shape index (κ1) is 20.5. The molecular formula is C21H28FN3O3. The van der Waals surface area contributed by atoms with Gasteiger partial charge in [-0.25, -0.2) is 4.39 Å². The molecule has 1 aromatic heterocycles. The number of rotatable bonds is 6. The average Bonchev–Trinajstić information content (AvgIpc) is 2.65. The van der Waals surface area contributed by atoms with Crippen LogP contribution in [0, 0.1) is 5.82 Å². The van der Waals surface area contributed by atoms with Gasteiger partial charge in [-0.1, -0.05) is 0 Å². The molecule has 1 amide bonds. The summed E-state index contributed by atoms with van der Waals surface area (Å²) in [6, 6.07) is 6.58. The number of benzene rings is 1. The molecule has 0 spiro atoms. The number of hydrogen-bond donors (Lipinski definition) is 1. The number of aryl methyl sites for hydroxylation is 1. The molecule has 3 rings (SSSR count). The minimum atomic E-state index is -0.390. The van der Waals surface area contributed by atoms with Crippen molar-refractivity contribution >= 4 is 16.8 Å². The lowest BCUT2D eigenvalue weighted by Crippen LogP contribution is -2.58. The van der Waals surface area contributed by atoms with Gasteiger partial charge in [-0.2, -0.15) is 0 Å². The lowest BCUT2D eigenvalue weighted by molar-refractivity contribution is -0.135. The molecule has 1 N–H and O–H groups in total. The normalized spacial score (nSPS) is 20.6. The van der Waals surface area contributed by atoms with Crippen LogP contribution in [0.1, 0.15) is 25.8 Å². The van der Waals surface area contributed by atoms with Crippen molar-refractivity contribution in [3.8, 4) is 0 Å². The first-order chi connectivity index (χ1) is 13.4. The Morgan fingerprint density at radius 3 is 2.64 bits per heavy atom. The van der Waals surface area contributed by atoms with Crippen molar-refractivity contribution in [2.24, 2.45) is 0 Å². The van der Waals surface area contributed by atoms with E-state index in [-0.39, 0.29) is 35.8 Å². The third-order valence-electron chi connectivity index (χ3n) is 5.50. The minimum absolute atomic E-state index is 0.0590. The van der Waals surface area contributed by atoms with E-state index >= 15 is 0 Å². The molecule has 1 saturated heterocycles. The molecule has 2 atom stereocenters. The molecule has 1 aliphatic heterocycles. The molecule has 0 bridgehead atoms. The smallest absolute Gasteiger partial charge is 0.251 e. The van der Waals surface area contributed by atoms with Gasteiger partial charge in [0.05, 0.1) is 12.1 Å². The molecule has 0 radical (unpaired) electrons. The largest absolute Gasteiger partial charge is 0.383 e. The predicted molar refractivity (Wildman–Crippen MR) is 107 cm³/mol. The summed E-state index contributed by atoms with van der Waals surface area (Å²) >= 11 is 0. The van der Waals surface area contributed by atoms with Crippen LogP contribution in [0.15, 0.2) is 29.1 Å². The lowest BCUT2D eigenvalue weighted by Gasteiger charge is -2.44. The first-order valence-corrected chi connectivity index (χ1v) is 9.73. The van der Waals surface area contributed by atoms with Crippen LogP contribution in [-0.2, 0) is 16.0 Å². The van der Waals surface area contributed by atoms with E-state index in [1.54, 1.807) is 19.2 Å². The van der Waals surface area contributed by atoms with Crippen molar-refractivity contribution in [2.75, 3.05) is 33.4 Å². The van der Waals surface area contributed by atoms with Crippen molar-refractivity contribution < 1.29 is 13.9 Å². The van der Waals surface area contributed by atoms with Crippen molar-refractivity contribution in [1.29, 1.82) is 0 Å². The van der Waals surface area contributed by atoms with Gasteiger partial charge in [0.15, 0.2) is 0 Å². The third-order valence-corrected chi connectivity index (χ3v) is 5.50. The van der Waals surface area contributed by atoms with E-state index in [9.17, 15) is 14.0 Å². The lowest BCUT2D eigenvalue weighted by atomic mass is 10.1. The SMILES string of the molecule is COCCN1C(C)CN(C(=O)CCc2cc3ccc(F)cc3[nH]c2=O)CC1C. The minimum Gasteiger partial charge on any atom is -0.383 e. The number of fused-ring (bicyclic) bond motifs is 1. The second-order valence-electron chi connectivity index (χ2n) is 7.58. The fourth-order valence-electron chi connectivity index (χ4n) is 4.00. The summed E-state index contributed by atoms with van der Waals surface area (Å²) in [6.45, 7) is 7.14. The number of halogens is 1. The van der Waals surface area contributed by atoms with Crippen molar-refractivity contribution in [3.05, 3.63) is 46.0 Å². The maximum atomic E-state index is 13.3. The van der Waals surface area contributed by atoms with E-state index in [0.29, 0.717) is 37.2 Å². The molecule has 0 aliphatic carbocycles. The highest BCUT2D eigenvalue weighted by Crippen LogP contribution is 2.17. The van der Waals surface area contributed by atoms with E-state index in [4.69, 9.17) is 4.74 Å². The van der Waals surface area contributed by atoms with E-state index in [0.717, 1.165) is 11.9 Å². The molecule has 7 heteroatoms. The summed E-state index contributed by atoms with van der Waals surface area (Å²) in [4.78, 5) is 31.9. The van der Waals surface area contributed by atoms with Gasteiger partial charge in [0.1, 0.15) is 5.82 Å². The van der Waals surface area contributed by atoms with Crippen LogP contribution in [0.4, 0.5) is 4.39 Å². The number of amides is 1. The van der Waals surface area contributed by atoms with E-state index < -0.39 is 0 Å². The highest BCUT2D eigenvalue weighted by atomic mass is 19.1. The van der Waals surface area contributed by atoms with Crippen molar-refractivity contribution in [3.63, 3.8) is 0 Å². The first-order valence-electron chi connectivity index (χ1n) is 9.73. The zero-order valence-corrected chi connectivity index (χ0v) is 16.7. The monoisotopic (exact) mass is 389 g/mol. The Labute approximate surface area is 164 Å². The number of methoxy groups -OCH3 is 1. The molecule has 2 unspecified atom stereocenters. The molecule has 0 saturated carbocycles. The number of carbonyl (C=O) groups excluding carboxylic acids is 1. The molecule has 6 nitrogen and oxygen atoms in total. The summed E-state index contributed by atoms with van der Waals surface area (Å²) in [7, 11) is 1.69. The Kier molecular flexibility index (Phi) is 6.46. The van der Waals surface area contributed by atoms with E-state index in [2.05, 4.69) is 23.7 Å². The third kappa shape index (κ3) is 4.59. The molecule has 152 valence electrons. The number of piperazine rings is 1. The van der Waals surface area contributed by atoms with Gasteiger partial charge in [-0.15, -0.1) is 0 Å². The molecular weight excluding hydrogens is 361 g/mol. The zero-order chi connectivity index (χ0) is 20.3. The number of H-pyrrole nitrogens is 1. The van der Waals surface area contributed by atoms with Gasteiger partial charge < -0.3 is 14.6 Å². The molecule has 2 aromatic rings. The fraction of sp³-hybridized carbons (Fsp3) is 0.524. The van der Waals surface area contributed by atoms with Crippen LogP contribution >= 0.6 is 0 Å². The summed E-state index contributed by atoms with van der Waals surface area (Å²) in [5.74, 6) is -0.331. The van der Waals surface area contributed by atoms with E-state index in [1.807, 2.05) is 4.90 Å². The number of carbonyl (C=O) groups is 1. The fourth-order valence-corrected chi connectivity index (χ4v) is 4.00. The maximum absolute atomic E-state index is 13.3. The Balaban J connectivity index is 1.63.